The van der Waals surface area contributed by atoms with Gasteiger partial charge in [0.05, 0.1) is 66.1 Å². The Morgan fingerprint density at radius 2 is 1.56 bits per heavy atom. The van der Waals surface area contributed by atoms with E-state index in [1.165, 1.54) is 6.08 Å². The lowest BCUT2D eigenvalue weighted by molar-refractivity contribution is -0.104. The quantitative estimate of drug-likeness (QED) is 0.0618. The molecule has 0 aliphatic carbocycles. The first-order chi connectivity index (χ1) is 26.4. The first-order valence-corrected chi connectivity index (χ1v) is 28.4. The highest BCUT2D eigenvalue weighted by molar-refractivity contribution is 7.91. The van der Waals surface area contributed by atoms with E-state index >= 15 is 0 Å². The Morgan fingerprint density at radius 3 is 2.16 bits per heavy atom. The number of allylic oxidation sites excluding steroid dienone is 1. The third-order valence-electron chi connectivity index (χ3n) is 13.5. The van der Waals surface area contributed by atoms with Crippen LogP contribution in [0.3, 0.4) is 0 Å². The molecule has 0 saturated carbocycles. The van der Waals surface area contributed by atoms with Crippen LogP contribution in [0.5, 0.6) is 0 Å². The molecule has 0 aromatic heterocycles. The summed E-state index contributed by atoms with van der Waals surface area (Å²) in [4.78, 5) is 11.1. The van der Waals surface area contributed by atoms with Crippen LogP contribution in [0.1, 0.15) is 87.0 Å². The number of rotatable bonds is 18. The van der Waals surface area contributed by atoms with Gasteiger partial charge in [0.1, 0.15) is 6.29 Å². The summed E-state index contributed by atoms with van der Waals surface area (Å²) in [7, 11) is -6.39. The molecule has 322 valence electrons. The molecular formula is C45H74O9SSi2. The van der Waals surface area contributed by atoms with Gasteiger partial charge in [-0.3, -0.25) is 4.79 Å². The van der Waals surface area contributed by atoms with Gasteiger partial charge in [-0.1, -0.05) is 85.9 Å². The number of hydrogen-bond acceptors (Lipinski definition) is 9. The van der Waals surface area contributed by atoms with Gasteiger partial charge >= 0.3 is 0 Å². The third kappa shape index (κ3) is 12.4. The molecular weight excluding hydrogens is 773 g/mol. The van der Waals surface area contributed by atoms with Gasteiger partial charge in [-0.15, -0.1) is 0 Å². The van der Waals surface area contributed by atoms with Crippen molar-refractivity contribution in [3.63, 3.8) is 0 Å². The van der Waals surface area contributed by atoms with Crippen molar-refractivity contribution >= 4 is 32.8 Å². The van der Waals surface area contributed by atoms with Gasteiger partial charge in [-0.05, 0) is 90.8 Å². The Bertz CT molecular complexity index is 1650. The summed E-state index contributed by atoms with van der Waals surface area (Å²) < 4.78 is 68.4. The molecule has 1 aromatic carbocycles. The molecule has 3 heterocycles. The Hall–Kier alpha value is -1.75. The summed E-state index contributed by atoms with van der Waals surface area (Å²) in [6.07, 6.45) is 5.86. The highest BCUT2D eigenvalue weighted by atomic mass is 32.2. The van der Waals surface area contributed by atoms with Crippen molar-refractivity contribution in [1.82, 2.24) is 0 Å². The number of benzene rings is 1. The number of aldehydes is 1. The Morgan fingerprint density at radius 1 is 0.912 bits per heavy atom. The van der Waals surface area contributed by atoms with Crippen LogP contribution in [0.15, 0.2) is 71.7 Å². The fraction of sp³-hybridized carbons (Fsp3) is 0.711. The summed E-state index contributed by atoms with van der Waals surface area (Å²) in [5.41, 5.74) is 2.03. The van der Waals surface area contributed by atoms with E-state index in [1.54, 1.807) is 37.5 Å². The SMILES string of the molecule is C=C1C[C@H](/C=C/C=O)O[C@H]1CC[C@H]1C[C@@H](C)C(=C)[C@@H](C[C@@H]2O[C@H](C[C@@H](CO[Si](C)(C)C(C)(C)C)O[Si](C)(C)C(C)(C)C)[C@H](OC)[C@H]2CS(=O)(=O)c2ccccc2)O1. The lowest BCUT2D eigenvalue weighted by Gasteiger charge is -2.42. The summed E-state index contributed by atoms with van der Waals surface area (Å²) in [6, 6.07) is 8.65. The van der Waals surface area contributed by atoms with Gasteiger partial charge < -0.3 is 27.8 Å². The zero-order valence-electron chi connectivity index (χ0n) is 37.0. The minimum atomic E-state index is -3.69. The number of carbonyl (C=O) groups is 1. The van der Waals surface area contributed by atoms with Crippen molar-refractivity contribution < 1.29 is 41.0 Å². The van der Waals surface area contributed by atoms with E-state index in [0.717, 1.165) is 36.7 Å². The molecule has 0 radical (unpaired) electrons. The molecule has 9 nitrogen and oxygen atoms in total. The van der Waals surface area contributed by atoms with Crippen molar-refractivity contribution in [3.05, 3.63) is 66.8 Å². The zero-order chi connectivity index (χ0) is 42.6. The first-order valence-electron chi connectivity index (χ1n) is 21.0. The second-order valence-electron chi connectivity index (χ2n) is 19.8. The van der Waals surface area contributed by atoms with Crippen LogP contribution >= 0.6 is 0 Å². The molecule has 10 atom stereocenters. The van der Waals surface area contributed by atoms with E-state index < -0.39 is 50.7 Å². The van der Waals surface area contributed by atoms with E-state index in [9.17, 15) is 13.2 Å². The van der Waals surface area contributed by atoms with E-state index in [4.69, 9.17) is 27.8 Å². The van der Waals surface area contributed by atoms with Crippen LogP contribution < -0.4 is 0 Å². The molecule has 0 bridgehead atoms. The average molecular weight is 847 g/mol. The average Bonchev–Trinajstić information content (AvgIpc) is 3.63. The van der Waals surface area contributed by atoms with Crippen molar-refractivity contribution in [2.75, 3.05) is 19.5 Å². The van der Waals surface area contributed by atoms with Crippen molar-refractivity contribution in [2.24, 2.45) is 11.8 Å². The molecule has 0 unspecified atom stereocenters. The molecule has 0 amide bonds. The van der Waals surface area contributed by atoms with E-state index in [0.29, 0.717) is 25.9 Å². The first kappa shape index (κ1) is 47.9. The minimum Gasteiger partial charge on any atom is -0.414 e. The van der Waals surface area contributed by atoms with Crippen LogP contribution in [0.25, 0.3) is 0 Å². The highest BCUT2D eigenvalue weighted by Crippen LogP contribution is 2.44. The van der Waals surface area contributed by atoms with Crippen molar-refractivity contribution in [2.45, 2.75) is 177 Å². The molecule has 1 aromatic rings. The molecule has 3 fully saturated rings. The molecule has 4 rings (SSSR count). The van der Waals surface area contributed by atoms with Gasteiger partial charge in [0, 0.05) is 32.3 Å². The Balaban J connectivity index is 1.60. The smallest absolute Gasteiger partial charge is 0.192 e. The lowest BCUT2D eigenvalue weighted by Crippen LogP contribution is -2.49. The zero-order valence-corrected chi connectivity index (χ0v) is 39.9. The fourth-order valence-corrected chi connectivity index (χ4v) is 11.9. The van der Waals surface area contributed by atoms with Gasteiger partial charge in [0.25, 0.3) is 0 Å². The molecule has 12 heteroatoms. The normalized spacial score (nSPS) is 30.0. The maximum atomic E-state index is 14.1. The molecule has 0 N–H and O–H groups in total. The van der Waals surface area contributed by atoms with Crippen molar-refractivity contribution in [1.29, 1.82) is 0 Å². The van der Waals surface area contributed by atoms with E-state index in [-0.39, 0.29) is 57.2 Å². The second kappa shape index (κ2) is 19.3. The standard InChI is InChI=1S/C45H74O9SSi2/c1-31-25-35(22-23-39-32(2)26-34(51-39)19-18-24-46)52-40(33(31)3)28-41-38(30-55(47,48)37-20-16-15-17-21-37)43(49-10)42(53-41)27-36(54-57(13,14)45(7,8)9)29-50-56(11,12)44(4,5)6/h15-21,24,31,34-36,38-43H,2-3,22-23,25-30H2,1,4-14H3/b19-18+/t31-,34+,35+,36+,38+,39+,40-,41+,42-,43-/m1/s1. The number of sulfone groups is 1. The van der Waals surface area contributed by atoms with Crippen LogP contribution in [0.2, 0.25) is 36.3 Å². The number of ether oxygens (including phenoxy) is 4. The summed E-state index contributed by atoms with van der Waals surface area (Å²) in [5, 5.41) is 0.00812. The van der Waals surface area contributed by atoms with Crippen LogP contribution in [-0.4, -0.2) is 99.6 Å². The molecule has 3 aliphatic rings. The predicted octanol–water partition coefficient (Wildman–Crippen LogP) is 9.65. The van der Waals surface area contributed by atoms with Gasteiger partial charge in [-0.25, -0.2) is 8.42 Å². The summed E-state index contributed by atoms with van der Waals surface area (Å²) in [6.45, 7) is 33.8. The topological polar surface area (TPSA) is 107 Å². The number of carbonyl (C=O) groups excluding carboxylic acids is 1. The number of hydrogen-bond donors (Lipinski definition) is 0. The van der Waals surface area contributed by atoms with Crippen molar-refractivity contribution in [3.8, 4) is 0 Å². The van der Waals surface area contributed by atoms with Gasteiger partial charge in [0.2, 0.25) is 0 Å². The lowest BCUT2D eigenvalue weighted by atomic mass is 9.83. The van der Waals surface area contributed by atoms with Crippen LogP contribution in [0, 0.1) is 11.8 Å². The monoisotopic (exact) mass is 846 g/mol. The second-order valence-corrected chi connectivity index (χ2v) is 31.4. The maximum Gasteiger partial charge on any atom is 0.192 e. The molecule has 57 heavy (non-hydrogen) atoms. The van der Waals surface area contributed by atoms with Crippen LogP contribution in [-0.2, 0) is 42.4 Å². The van der Waals surface area contributed by atoms with Gasteiger partial charge in [-0.2, -0.15) is 0 Å². The predicted molar refractivity (Wildman–Crippen MR) is 234 cm³/mol. The fourth-order valence-electron chi connectivity index (χ4n) is 7.82. The van der Waals surface area contributed by atoms with E-state index in [1.807, 2.05) is 6.07 Å². The summed E-state index contributed by atoms with van der Waals surface area (Å²) >= 11 is 0. The minimum absolute atomic E-state index is 0.0214. The molecule has 3 saturated heterocycles. The number of methoxy groups -OCH3 is 1. The molecule has 0 spiro atoms. The third-order valence-corrected chi connectivity index (χ3v) is 24.3. The largest absolute Gasteiger partial charge is 0.414 e. The van der Waals surface area contributed by atoms with E-state index in [2.05, 4.69) is 87.8 Å². The molecule has 3 aliphatic heterocycles. The van der Waals surface area contributed by atoms with Crippen LogP contribution in [0.4, 0.5) is 0 Å². The highest BCUT2D eigenvalue weighted by Gasteiger charge is 2.50. The Kier molecular flexibility index (Phi) is 16.2. The Labute approximate surface area is 347 Å². The summed E-state index contributed by atoms with van der Waals surface area (Å²) in [5.74, 6) is -0.371. The van der Waals surface area contributed by atoms with Gasteiger partial charge in [0.15, 0.2) is 26.5 Å². The maximum absolute atomic E-state index is 14.1.